The van der Waals surface area contributed by atoms with Gasteiger partial charge in [-0.1, -0.05) is 37.3 Å². The summed E-state index contributed by atoms with van der Waals surface area (Å²) in [5.74, 6) is -2.40. The Morgan fingerprint density at radius 1 is 1.11 bits per heavy atom. The molecule has 0 aliphatic rings. The van der Waals surface area contributed by atoms with E-state index in [2.05, 4.69) is 5.32 Å². The lowest BCUT2D eigenvalue weighted by atomic mass is 10.0. The van der Waals surface area contributed by atoms with E-state index >= 15 is 0 Å². The molecular weight excluding hydrogens is 372 g/mol. The SMILES string of the molecule is C[C@@H](OC(=O)CSc1cc(F)ccc1F)C(=O)NC[C@H](C)c1ccccc1. The molecule has 2 atom stereocenters. The fourth-order valence-corrected chi connectivity index (χ4v) is 3.05. The van der Waals surface area contributed by atoms with Crippen molar-refractivity contribution in [3.05, 3.63) is 65.7 Å². The Balaban J connectivity index is 1.76. The largest absolute Gasteiger partial charge is 0.452 e. The average molecular weight is 393 g/mol. The zero-order valence-corrected chi connectivity index (χ0v) is 15.9. The lowest BCUT2D eigenvalue weighted by Gasteiger charge is -2.16. The predicted octanol–water partition coefficient (Wildman–Crippen LogP) is 3.91. The van der Waals surface area contributed by atoms with Gasteiger partial charge < -0.3 is 10.1 Å². The quantitative estimate of drug-likeness (QED) is 0.546. The molecule has 0 spiro atoms. The highest BCUT2D eigenvalue weighted by Gasteiger charge is 2.19. The minimum Gasteiger partial charge on any atom is -0.452 e. The smallest absolute Gasteiger partial charge is 0.317 e. The monoisotopic (exact) mass is 393 g/mol. The maximum absolute atomic E-state index is 13.5. The van der Waals surface area contributed by atoms with Crippen molar-refractivity contribution in [2.75, 3.05) is 12.3 Å². The summed E-state index contributed by atoms with van der Waals surface area (Å²) in [5, 5.41) is 2.74. The fraction of sp³-hybridized carbons (Fsp3) is 0.300. The highest BCUT2D eigenvalue weighted by molar-refractivity contribution is 8.00. The molecule has 0 aliphatic carbocycles. The van der Waals surface area contributed by atoms with Crippen LogP contribution in [0.4, 0.5) is 8.78 Å². The molecule has 0 heterocycles. The molecule has 2 aromatic carbocycles. The van der Waals surface area contributed by atoms with Crippen LogP contribution >= 0.6 is 11.8 Å². The molecule has 0 radical (unpaired) electrons. The molecule has 7 heteroatoms. The van der Waals surface area contributed by atoms with Gasteiger partial charge >= 0.3 is 5.97 Å². The number of hydrogen-bond acceptors (Lipinski definition) is 4. The van der Waals surface area contributed by atoms with Gasteiger partial charge in [-0.05, 0) is 36.6 Å². The number of carbonyl (C=O) groups is 2. The third-order valence-electron chi connectivity index (χ3n) is 3.87. The molecule has 0 aliphatic heterocycles. The van der Waals surface area contributed by atoms with Crippen LogP contribution in [-0.4, -0.2) is 30.3 Å². The zero-order valence-electron chi connectivity index (χ0n) is 15.1. The number of hydrogen-bond donors (Lipinski definition) is 1. The van der Waals surface area contributed by atoms with Crippen molar-refractivity contribution in [1.82, 2.24) is 5.32 Å². The number of esters is 1. The van der Waals surface area contributed by atoms with Gasteiger partial charge in [0.25, 0.3) is 5.91 Å². The Bertz CT molecular complexity index is 786. The lowest BCUT2D eigenvalue weighted by Crippen LogP contribution is -2.37. The van der Waals surface area contributed by atoms with Crippen molar-refractivity contribution >= 4 is 23.6 Å². The van der Waals surface area contributed by atoms with E-state index in [0.29, 0.717) is 6.54 Å². The number of nitrogens with one attached hydrogen (secondary N) is 1. The maximum atomic E-state index is 13.5. The van der Waals surface area contributed by atoms with Crippen molar-refractivity contribution in [1.29, 1.82) is 0 Å². The van der Waals surface area contributed by atoms with Gasteiger partial charge in [0, 0.05) is 11.4 Å². The summed E-state index contributed by atoms with van der Waals surface area (Å²) < 4.78 is 31.7. The van der Waals surface area contributed by atoms with Crippen LogP contribution in [0, 0.1) is 11.6 Å². The summed E-state index contributed by atoms with van der Waals surface area (Å²) in [6.07, 6.45) is -0.974. The molecule has 0 fully saturated rings. The molecule has 0 aromatic heterocycles. The van der Waals surface area contributed by atoms with E-state index in [1.54, 1.807) is 0 Å². The van der Waals surface area contributed by atoms with Gasteiger partial charge in [0.1, 0.15) is 11.6 Å². The first-order chi connectivity index (χ1) is 12.9. The Labute approximate surface area is 161 Å². The average Bonchev–Trinajstić information content (AvgIpc) is 2.67. The van der Waals surface area contributed by atoms with Crippen molar-refractivity contribution in [2.45, 2.75) is 30.8 Å². The van der Waals surface area contributed by atoms with Gasteiger partial charge in [0.15, 0.2) is 6.10 Å². The summed E-state index contributed by atoms with van der Waals surface area (Å²) in [5.41, 5.74) is 1.09. The summed E-state index contributed by atoms with van der Waals surface area (Å²) in [6, 6.07) is 12.7. The summed E-state index contributed by atoms with van der Waals surface area (Å²) in [6.45, 7) is 3.86. The molecular formula is C20H21F2NO3S. The maximum Gasteiger partial charge on any atom is 0.317 e. The summed E-state index contributed by atoms with van der Waals surface area (Å²) in [4.78, 5) is 23.9. The minimum atomic E-state index is -0.974. The van der Waals surface area contributed by atoms with Crippen LogP contribution in [0.15, 0.2) is 53.4 Å². The first-order valence-electron chi connectivity index (χ1n) is 8.46. The van der Waals surface area contributed by atoms with E-state index in [-0.39, 0.29) is 16.6 Å². The first-order valence-corrected chi connectivity index (χ1v) is 9.45. The number of thioether (sulfide) groups is 1. The Morgan fingerprint density at radius 2 is 1.81 bits per heavy atom. The van der Waals surface area contributed by atoms with E-state index in [1.165, 1.54) is 6.92 Å². The first kappa shape index (κ1) is 20.9. The van der Waals surface area contributed by atoms with Crippen LogP contribution in [0.25, 0.3) is 0 Å². The highest BCUT2D eigenvalue weighted by Crippen LogP contribution is 2.22. The third kappa shape index (κ3) is 6.67. The molecule has 144 valence electrons. The van der Waals surface area contributed by atoms with Crippen molar-refractivity contribution in [2.24, 2.45) is 0 Å². The van der Waals surface area contributed by atoms with Crippen molar-refractivity contribution < 1.29 is 23.1 Å². The van der Waals surface area contributed by atoms with Gasteiger partial charge in [-0.2, -0.15) is 0 Å². The molecule has 0 saturated carbocycles. The molecule has 1 N–H and O–H groups in total. The fourth-order valence-electron chi connectivity index (χ4n) is 2.31. The Hall–Kier alpha value is -2.41. The lowest BCUT2D eigenvalue weighted by molar-refractivity contribution is -0.152. The molecule has 2 aromatic rings. The standard InChI is InChI=1S/C20H21F2NO3S/c1-13(15-6-4-3-5-7-15)11-23-20(25)14(2)26-19(24)12-27-18-10-16(21)8-9-17(18)22/h3-10,13-14H,11-12H2,1-2H3,(H,23,25)/t13-,14+/m0/s1. The number of halogens is 2. The van der Waals surface area contributed by atoms with Gasteiger partial charge in [0.2, 0.25) is 0 Å². The second-order valence-electron chi connectivity index (χ2n) is 6.05. The van der Waals surface area contributed by atoms with Crippen LogP contribution in [0.2, 0.25) is 0 Å². The van der Waals surface area contributed by atoms with Gasteiger partial charge in [-0.25, -0.2) is 8.78 Å². The van der Waals surface area contributed by atoms with Crippen LogP contribution < -0.4 is 5.32 Å². The Morgan fingerprint density at radius 3 is 2.52 bits per heavy atom. The van der Waals surface area contributed by atoms with E-state index < -0.39 is 29.6 Å². The van der Waals surface area contributed by atoms with Crippen molar-refractivity contribution in [3.63, 3.8) is 0 Å². The number of ether oxygens (including phenoxy) is 1. The molecule has 27 heavy (non-hydrogen) atoms. The van der Waals surface area contributed by atoms with Crippen LogP contribution in [0.1, 0.15) is 25.3 Å². The van der Waals surface area contributed by atoms with Gasteiger partial charge in [-0.3, -0.25) is 9.59 Å². The van der Waals surface area contributed by atoms with Gasteiger partial charge in [-0.15, -0.1) is 11.8 Å². The number of amides is 1. The molecule has 0 bridgehead atoms. The van der Waals surface area contributed by atoms with Gasteiger partial charge in [0.05, 0.1) is 5.75 Å². The zero-order chi connectivity index (χ0) is 19.8. The number of rotatable bonds is 8. The minimum absolute atomic E-state index is 0.0146. The topological polar surface area (TPSA) is 55.4 Å². The van der Waals surface area contributed by atoms with Crippen LogP contribution in [-0.2, 0) is 14.3 Å². The molecule has 0 unspecified atom stereocenters. The highest BCUT2D eigenvalue weighted by atomic mass is 32.2. The third-order valence-corrected chi connectivity index (χ3v) is 4.87. The molecule has 0 saturated heterocycles. The number of carbonyl (C=O) groups excluding carboxylic acids is 2. The number of benzene rings is 2. The predicted molar refractivity (Wildman–Crippen MR) is 101 cm³/mol. The van der Waals surface area contributed by atoms with Crippen LogP contribution in [0.3, 0.4) is 0 Å². The summed E-state index contributed by atoms with van der Waals surface area (Å²) >= 11 is 0.817. The molecule has 4 nitrogen and oxygen atoms in total. The Kier molecular flexibility index (Phi) is 7.79. The van der Waals surface area contributed by atoms with E-state index in [1.807, 2.05) is 37.3 Å². The molecule has 1 amide bonds. The second-order valence-corrected chi connectivity index (χ2v) is 7.07. The van der Waals surface area contributed by atoms with Crippen molar-refractivity contribution in [3.8, 4) is 0 Å². The van der Waals surface area contributed by atoms with E-state index in [4.69, 9.17) is 4.74 Å². The van der Waals surface area contributed by atoms with Crippen LogP contribution in [0.5, 0.6) is 0 Å². The normalized spacial score (nSPS) is 12.9. The van der Waals surface area contributed by atoms with E-state index in [9.17, 15) is 18.4 Å². The summed E-state index contributed by atoms with van der Waals surface area (Å²) in [7, 11) is 0. The molecule has 2 rings (SSSR count). The second kappa shape index (κ2) is 10.1. The van der Waals surface area contributed by atoms with E-state index in [0.717, 1.165) is 35.5 Å².